The molecule has 3 heteroatoms. The maximum Gasteiger partial charge on any atom is 0.112 e. The van der Waals surface area contributed by atoms with E-state index < -0.39 is 0 Å². The van der Waals surface area contributed by atoms with Crippen molar-refractivity contribution in [2.24, 2.45) is 10.2 Å². The molecule has 0 saturated carbocycles. The molecule has 50 valence electrons. The van der Waals surface area contributed by atoms with Gasteiger partial charge >= 0.3 is 0 Å². The van der Waals surface area contributed by atoms with Gasteiger partial charge in [0.2, 0.25) is 0 Å². The van der Waals surface area contributed by atoms with Crippen LogP contribution >= 0.6 is 12.2 Å². The predicted octanol–water partition coefficient (Wildman–Crippen LogP) is 2.73. The van der Waals surface area contributed by atoms with Crippen molar-refractivity contribution in [3.8, 4) is 0 Å². The van der Waals surface area contributed by atoms with Crippen LogP contribution in [0.1, 0.15) is 0 Å². The third kappa shape index (κ3) is 2.03. The van der Waals surface area contributed by atoms with Gasteiger partial charge in [-0.2, -0.15) is 5.11 Å². The molecule has 1 aromatic carbocycles. The molecule has 0 fully saturated rings. The topological polar surface area (TPSA) is 24.7 Å². The van der Waals surface area contributed by atoms with Crippen molar-refractivity contribution in [1.29, 1.82) is 0 Å². The van der Waals surface area contributed by atoms with Crippen LogP contribution in [0.3, 0.4) is 0 Å². The monoisotopic (exact) mass is 150 g/mol. The van der Waals surface area contributed by atoms with E-state index in [1.54, 1.807) is 0 Å². The molecule has 0 spiro atoms. The van der Waals surface area contributed by atoms with Gasteiger partial charge in [0.25, 0.3) is 0 Å². The molecular weight excluding hydrogens is 144 g/mol. The number of hydrogen-bond acceptors (Lipinski definition) is 2. The van der Waals surface area contributed by atoms with Crippen molar-refractivity contribution in [3.63, 3.8) is 0 Å². The number of nitrogens with zero attached hydrogens (tertiary/aromatic N) is 2. The highest BCUT2D eigenvalue weighted by atomic mass is 32.1. The summed E-state index contributed by atoms with van der Waals surface area (Å²) in [4.78, 5) is 0. The van der Waals surface area contributed by atoms with Gasteiger partial charge in [0.15, 0.2) is 0 Å². The van der Waals surface area contributed by atoms with Crippen LogP contribution in [0, 0.1) is 0 Å². The molecule has 0 N–H and O–H groups in total. The summed E-state index contributed by atoms with van der Waals surface area (Å²) in [6, 6.07) is 9.45. The van der Waals surface area contributed by atoms with Crippen LogP contribution in [-0.4, -0.2) is 5.49 Å². The lowest BCUT2D eigenvalue weighted by Crippen LogP contribution is -1.60. The smallest absolute Gasteiger partial charge is 0.112 e. The third-order valence-electron chi connectivity index (χ3n) is 0.977. The van der Waals surface area contributed by atoms with Gasteiger partial charge in [-0.05, 0) is 12.1 Å². The Morgan fingerprint density at radius 3 is 2.50 bits per heavy atom. The van der Waals surface area contributed by atoms with Crippen LogP contribution < -0.4 is 0 Å². The summed E-state index contributed by atoms with van der Waals surface area (Å²) in [6.45, 7) is 0. The molecule has 0 saturated heterocycles. The molecule has 1 rings (SSSR count). The molecule has 10 heavy (non-hydrogen) atoms. The van der Waals surface area contributed by atoms with Crippen LogP contribution in [-0.2, 0) is 0 Å². The zero-order valence-electron chi connectivity index (χ0n) is 5.27. The van der Waals surface area contributed by atoms with Crippen molar-refractivity contribution >= 4 is 23.4 Å². The zero-order chi connectivity index (χ0) is 7.23. The fourth-order valence-electron chi connectivity index (χ4n) is 0.585. The Hall–Kier alpha value is -1.09. The van der Waals surface area contributed by atoms with Crippen molar-refractivity contribution in [1.82, 2.24) is 0 Å². The lowest BCUT2D eigenvalue weighted by atomic mass is 10.3. The summed E-state index contributed by atoms with van der Waals surface area (Å²) in [6.07, 6.45) is 0. The molecule has 0 heterocycles. The molecular formula is C7H6N2S. The van der Waals surface area contributed by atoms with Gasteiger partial charge in [0, 0.05) is 0 Å². The Kier molecular flexibility index (Phi) is 2.70. The Balaban J connectivity index is 2.76. The largest absolute Gasteiger partial charge is 0.150 e. The first-order valence-corrected chi connectivity index (χ1v) is 3.30. The average molecular weight is 150 g/mol. The molecule has 0 aliphatic carbocycles. The lowest BCUT2D eigenvalue weighted by Gasteiger charge is -1.85. The summed E-state index contributed by atoms with van der Waals surface area (Å²) in [5.41, 5.74) is 2.07. The number of azo groups is 1. The molecule has 0 bridgehead atoms. The summed E-state index contributed by atoms with van der Waals surface area (Å²) in [7, 11) is 0. The van der Waals surface area contributed by atoms with Crippen molar-refractivity contribution < 1.29 is 0 Å². The van der Waals surface area contributed by atoms with Gasteiger partial charge in [-0.25, -0.2) is 0 Å². The SMILES string of the molecule is S=CN=Nc1ccccc1. The Bertz CT molecular complexity index is 231. The van der Waals surface area contributed by atoms with E-state index in [1.807, 2.05) is 30.3 Å². The minimum absolute atomic E-state index is 0.823. The van der Waals surface area contributed by atoms with E-state index in [9.17, 15) is 0 Å². The van der Waals surface area contributed by atoms with Gasteiger partial charge in [0.1, 0.15) is 5.49 Å². The number of thiocarbonyl (C=S) groups is 1. The first kappa shape index (κ1) is 7.02. The molecule has 2 nitrogen and oxygen atoms in total. The average Bonchev–Trinajstić information content (AvgIpc) is 2.03. The first-order chi connectivity index (χ1) is 4.93. The predicted molar refractivity (Wildman–Crippen MR) is 44.6 cm³/mol. The van der Waals surface area contributed by atoms with Crippen LogP contribution in [0.25, 0.3) is 0 Å². The van der Waals surface area contributed by atoms with Crippen molar-refractivity contribution in [3.05, 3.63) is 30.3 Å². The van der Waals surface area contributed by atoms with E-state index in [-0.39, 0.29) is 0 Å². The summed E-state index contributed by atoms with van der Waals surface area (Å²) in [5.74, 6) is 0. The summed E-state index contributed by atoms with van der Waals surface area (Å²) in [5, 5.41) is 7.35. The van der Waals surface area contributed by atoms with Crippen molar-refractivity contribution in [2.75, 3.05) is 0 Å². The minimum atomic E-state index is 0.823. The number of benzene rings is 1. The highest BCUT2D eigenvalue weighted by molar-refractivity contribution is 7.78. The quantitative estimate of drug-likeness (QED) is 0.470. The maximum atomic E-state index is 4.47. The molecule has 0 aromatic heterocycles. The van der Waals surface area contributed by atoms with Crippen LogP contribution in [0.5, 0.6) is 0 Å². The van der Waals surface area contributed by atoms with Crippen LogP contribution in [0.4, 0.5) is 5.69 Å². The number of hydrogen-bond donors (Lipinski definition) is 0. The normalized spacial score (nSPS) is 10.0. The van der Waals surface area contributed by atoms with Gasteiger partial charge in [-0.3, -0.25) is 0 Å². The molecule has 0 unspecified atom stereocenters. The molecule has 0 atom stereocenters. The molecule has 0 radical (unpaired) electrons. The van der Waals surface area contributed by atoms with E-state index in [0.29, 0.717) is 0 Å². The highest BCUT2D eigenvalue weighted by Crippen LogP contribution is 2.08. The Labute approximate surface area is 64.6 Å². The number of rotatable bonds is 2. The Morgan fingerprint density at radius 2 is 1.90 bits per heavy atom. The van der Waals surface area contributed by atoms with E-state index in [4.69, 9.17) is 0 Å². The molecule has 0 aliphatic rings. The van der Waals surface area contributed by atoms with Gasteiger partial charge in [0.05, 0.1) is 5.69 Å². The van der Waals surface area contributed by atoms with Crippen molar-refractivity contribution in [2.45, 2.75) is 0 Å². The fraction of sp³-hybridized carbons (Fsp3) is 0. The molecule has 1 aromatic rings. The third-order valence-corrected chi connectivity index (χ3v) is 1.07. The van der Waals surface area contributed by atoms with Crippen LogP contribution in [0.2, 0.25) is 0 Å². The second-order valence-electron chi connectivity index (χ2n) is 1.66. The second kappa shape index (κ2) is 3.85. The molecule has 0 amide bonds. The standard InChI is InChI=1S/C7H6N2S/c10-6-8-9-7-4-2-1-3-5-7/h1-6H. The first-order valence-electron chi connectivity index (χ1n) is 2.83. The zero-order valence-corrected chi connectivity index (χ0v) is 6.08. The van der Waals surface area contributed by atoms with Gasteiger partial charge < -0.3 is 0 Å². The Morgan fingerprint density at radius 1 is 1.20 bits per heavy atom. The lowest BCUT2D eigenvalue weighted by molar-refractivity contribution is 1.31. The maximum absolute atomic E-state index is 4.47. The van der Waals surface area contributed by atoms with E-state index in [1.165, 1.54) is 5.49 Å². The fourth-order valence-corrected chi connectivity index (χ4v) is 0.632. The summed E-state index contributed by atoms with van der Waals surface area (Å²) < 4.78 is 0. The van der Waals surface area contributed by atoms with E-state index in [2.05, 4.69) is 22.4 Å². The summed E-state index contributed by atoms with van der Waals surface area (Å²) >= 11 is 4.47. The van der Waals surface area contributed by atoms with Gasteiger partial charge in [-0.15, -0.1) is 5.11 Å². The van der Waals surface area contributed by atoms with E-state index >= 15 is 0 Å². The van der Waals surface area contributed by atoms with E-state index in [0.717, 1.165) is 5.69 Å². The minimum Gasteiger partial charge on any atom is -0.150 e. The second-order valence-corrected chi connectivity index (χ2v) is 1.87. The van der Waals surface area contributed by atoms with Crippen LogP contribution in [0.15, 0.2) is 40.6 Å². The van der Waals surface area contributed by atoms with Gasteiger partial charge in [-0.1, -0.05) is 30.4 Å². The molecule has 0 aliphatic heterocycles. The highest BCUT2D eigenvalue weighted by Gasteiger charge is 1.80.